The summed E-state index contributed by atoms with van der Waals surface area (Å²) in [5.74, 6) is -1.01. The van der Waals surface area contributed by atoms with Gasteiger partial charge in [-0.1, -0.05) is 29.8 Å². The molecule has 154 valence electrons. The first-order valence-electron chi connectivity index (χ1n) is 9.30. The highest BCUT2D eigenvalue weighted by Gasteiger charge is 2.27. The van der Waals surface area contributed by atoms with Crippen LogP contribution in [0.15, 0.2) is 42.5 Å². The van der Waals surface area contributed by atoms with Gasteiger partial charge in [-0.25, -0.2) is 13.2 Å². The SMILES string of the molecule is Cc1ccc(CNC(=O)[C@@H](C)OC(=O)c2ccc3c(c2)CCN3S(C)(=O)=O)cc1. The predicted molar refractivity (Wildman–Crippen MR) is 110 cm³/mol. The molecular formula is C21H24N2O5S. The molecule has 2 aromatic carbocycles. The van der Waals surface area contributed by atoms with E-state index in [9.17, 15) is 18.0 Å². The Morgan fingerprint density at radius 2 is 1.86 bits per heavy atom. The summed E-state index contributed by atoms with van der Waals surface area (Å²) in [6, 6.07) is 12.5. The first-order chi connectivity index (χ1) is 13.6. The van der Waals surface area contributed by atoms with Crippen molar-refractivity contribution in [3.63, 3.8) is 0 Å². The maximum absolute atomic E-state index is 12.4. The van der Waals surface area contributed by atoms with E-state index in [2.05, 4.69) is 5.32 Å². The van der Waals surface area contributed by atoms with Gasteiger partial charge < -0.3 is 10.1 Å². The van der Waals surface area contributed by atoms with E-state index in [4.69, 9.17) is 4.74 Å². The number of sulfonamides is 1. The van der Waals surface area contributed by atoms with Crippen LogP contribution in [0, 0.1) is 6.92 Å². The van der Waals surface area contributed by atoms with Crippen molar-refractivity contribution < 1.29 is 22.7 Å². The molecule has 1 aliphatic rings. The summed E-state index contributed by atoms with van der Waals surface area (Å²) < 4.78 is 30.2. The molecule has 0 radical (unpaired) electrons. The second-order valence-corrected chi connectivity index (χ2v) is 9.09. The number of fused-ring (bicyclic) bond motifs is 1. The number of rotatable bonds is 6. The Balaban J connectivity index is 1.59. The zero-order valence-electron chi connectivity index (χ0n) is 16.6. The van der Waals surface area contributed by atoms with Gasteiger partial charge in [0.1, 0.15) is 0 Å². The number of carbonyl (C=O) groups is 2. The number of nitrogens with zero attached hydrogens (tertiary/aromatic N) is 1. The number of carbonyl (C=O) groups excluding carboxylic acids is 2. The van der Waals surface area contributed by atoms with Gasteiger partial charge in [-0.05, 0) is 49.6 Å². The number of hydrogen-bond acceptors (Lipinski definition) is 5. The molecule has 1 N–H and O–H groups in total. The Morgan fingerprint density at radius 1 is 1.17 bits per heavy atom. The van der Waals surface area contributed by atoms with Gasteiger partial charge in [-0.2, -0.15) is 0 Å². The van der Waals surface area contributed by atoms with E-state index in [1.54, 1.807) is 12.1 Å². The third-order valence-electron chi connectivity index (χ3n) is 4.81. The van der Waals surface area contributed by atoms with Gasteiger partial charge >= 0.3 is 5.97 Å². The standard InChI is InChI=1S/C21H24N2O5S/c1-14-4-6-16(7-5-14)13-22-20(24)15(2)28-21(25)18-8-9-19-17(12-18)10-11-23(19)29(3,26)27/h4-9,12,15H,10-11,13H2,1-3H3,(H,22,24)/t15-/m1/s1. The average molecular weight is 416 g/mol. The number of nitrogens with one attached hydrogen (secondary N) is 1. The molecule has 0 unspecified atom stereocenters. The minimum absolute atomic E-state index is 0.289. The molecule has 0 aromatic heterocycles. The number of hydrogen-bond donors (Lipinski definition) is 1. The number of aryl methyl sites for hydroxylation is 1. The van der Waals surface area contributed by atoms with Gasteiger partial charge in [0, 0.05) is 13.1 Å². The van der Waals surface area contributed by atoms with E-state index in [1.807, 2.05) is 31.2 Å². The van der Waals surface area contributed by atoms with Crippen LogP contribution in [0.5, 0.6) is 0 Å². The summed E-state index contributed by atoms with van der Waals surface area (Å²) in [4.78, 5) is 24.6. The Bertz CT molecular complexity index is 1030. The zero-order valence-corrected chi connectivity index (χ0v) is 17.5. The van der Waals surface area contributed by atoms with Crippen molar-refractivity contribution in [1.82, 2.24) is 5.32 Å². The van der Waals surface area contributed by atoms with E-state index in [0.29, 0.717) is 25.2 Å². The fourth-order valence-electron chi connectivity index (χ4n) is 3.16. The highest BCUT2D eigenvalue weighted by atomic mass is 32.2. The first-order valence-corrected chi connectivity index (χ1v) is 11.1. The van der Waals surface area contributed by atoms with Crippen LogP contribution in [0.2, 0.25) is 0 Å². The van der Waals surface area contributed by atoms with Crippen molar-refractivity contribution in [2.45, 2.75) is 32.9 Å². The molecule has 29 heavy (non-hydrogen) atoms. The molecule has 1 amide bonds. The number of benzene rings is 2. The van der Waals surface area contributed by atoms with Gasteiger partial charge in [0.05, 0.1) is 17.5 Å². The lowest BCUT2D eigenvalue weighted by molar-refractivity contribution is -0.129. The summed E-state index contributed by atoms with van der Waals surface area (Å²) in [6.45, 7) is 4.20. The molecule has 2 aromatic rings. The van der Waals surface area contributed by atoms with Crippen LogP contribution < -0.4 is 9.62 Å². The number of esters is 1. The number of ether oxygens (including phenoxy) is 1. The summed E-state index contributed by atoms with van der Waals surface area (Å²) in [5.41, 5.74) is 3.72. The molecule has 1 atom stereocenters. The lowest BCUT2D eigenvalue weighted by Crippen LogP contribution is -2.35. The molecule has 1 aliphatic heterocycles. The molecule has 0 aliphatic carbocycles. The fourth-order valence-corrected chi connectivity index (χ4v) is 4.12. The van der Waals surface area contributed by atoms with Gasteiger partial charge in [-0.15, -0.1) is 0 Å². The molecular weight excluding hydrogens is 392 g/mol. The highest BCUT2D eigenvalue weighted by molar-refractivity contribution is 7.92. The Kier molecular flexibility index (Phi) is 5.93. The molecule has 8 heteroatoms. The third-order valence-corrected chi connectivity index (χ3v) is 5.99. The Hall–Kier alpha value is -2.87. The van der Waals surface area contributed by atoms with Crippen molar-refractivity contribution in [2.24, 2.45) is 0 Å². The molecule has 0 bridgehead atoms. The minimum atomic E-state index is -3.35. The molecule has 0 spiro atoms. The van der Waals surface area contributed by atoms with Crippen molar-refractivity contribution in [2.75, 3.05) is 17.1 Å². The summed E-state index contributed by atoms with van der Waals surface area (Å²) in [5, 5.41) is 2.75. The van der Waals surface area contributed by atoms with Crippen LogP contribution in [0.25, 0.3) is 0 Å². The zero-order chi connectivity index (χ0) is 21.2. The largest absolute Gasteiger partial charge is 0.449 e. The van der Waals surface area contributed by atoms with Gasteiger partial charge in [0.25, 0.3) is 5.91 Å². The monoisotopic (exact) mass is 416 g/mol. The van der Waals surface area contributed by atoms with E-state index in [1.165, 1.54) is 17.3 Å². The first kappa shape index (κ1) is 20.9. The highest BCUT2D eigenvalue weighted by Crippen LogP contribution is 2.30. The molecule has 0 fully saturated rings. The summed E-state index contributed by atoms with van der Waals surface area (Å²) >= 11 is 0. The van der Waals surface area contributed by atoms with Crippen LogP contribution in [0.1, 0.15) is 34.0 Å². The van der Waals surface area contributed by atoms with E-state index >= 15 is 0 Å². The number of anilines is 1. The van der Waals surface area contributed by atoms with Crippen molar-refractivity contribution in [3.05, 3.63) is 64.7 Å². The quantitative estimate of drug-likeness (QED) is 0.729. The lowest BCUT2D eigenvalue weighted by Gasteiger charge is -2.17. The third kappa shape index (κ3) is 4.95. The van der Waals surface area contributed by atoms with Crippen LogP contribution in [-0.4, -0.2) is 39.2 Å². The fraction of sp³-hybridized carbons (Fsp3) is 0.333. The van der Waals surface area contributed by atoms with Crippen LogP contribution in [0.4, 0.5) is 5.69 Å². The minimum Gasteiger partial charge on any atom is -0.449 e. The van der Waals surface area contributed by atoms with Crippen molar-refractivity contribution in [3.8, 4) is 0 Å². The van der Waals surface area contributed by atoms with Crippen molar-refractivity contribution in [1.29, 1.82) is 0 Å². The molecule has 0 saturated carbocycles. The Labute approximate surface area is 170 Å². The average Bonchev–Trinajstić information content (AvgIpc) is 3.10. The second kappa shape index (κ2) is 8.24. The Morgan fingerprint density at radius 3 is 2.52 bits per heavy atom. The van der Waals surface area contributed by atoms with Crippen molar-refractivity contribution >= 4 is 27.6 Å². The van der Waals surface area contributed by atoms with E-state index in [0.717, 1.165) is 22.9 Å². The molecule has 7 nitrogen and oxygen atoms in total. The lowest BCUT2D eigenvalue weighted by atomic mass is 10.1. The molecule has 3 rings (SSSR count). The smallest absolute Gasteiger partial charge is 0.338 e. The van der Waals surface area contributed by atoms with Gasteiger partial charge in [-0.3, -0.25) is 9.10 Å². The summed E-state index contributed by atoms with van der Waals surface area (Å²) in [6.07, 6.45) is 0.728. The maximum atomic E-state index is 12.4. The topological polar surface area (TPSA) is 92.8 Å². The van der Waals surface area contributed by atoms with E-state index < -0.39 is 22.1 Å². The molecule has 0 saturated heterocycles. The van der Waals surface area contributed by atoms with Gasteiger partial charge in [0.15, 0.2) is 6.10 Å². The van der Waals surface area contributed by atoms with Crippen LogP contribution in [-0.2, 0) is 32.5 Å². The van der Waals surface area contributed by atoms with E-state index in [-0.39, 0.29) is 11.5 Å². The predicted octanol–water partition coefficient (Wildman–Crippen LogP) is 2.18. The normalized spacial score (nSPS) is 14.2. The number of amides is 1. The molecule has 1 heterocycles. The van der Waals surface area contributed by atoms with Gasteiger partial charge in [0.2, 0.25) is 10.0 Å². The summed E-state index contributed by atoms with van der Waals surface area (Å²) in [7, 11) is -3.35. The van der Waals surface area contributed by atoms with Crippen LogP contribution >= 0.6 is 0 Å². The maximum Gasteiger partial charge on any atom is 0.338 e. The second-order valence-electron chi connectivity index (χ2n) is 7.18. The van der Waals surface area contributed by atoms with Crippen LogP contribution in [0.3, 0.4) is 0 Å².